The monoisotopic (exact) mass is 426 g/mol. The number of carbonyl (C=O) groups is 2. The molecule has 162 valence electrons. The van der Waals surface area contributed by atoms with Crippen molar-refractivity contribution in [2.75, 3.05) is 39.5 Å². The third kappa shape index (κ3) is 6.43. The molecule has 1 aromatic carbocycles. The van der Waals surface area contributed by atoms with Crippen molar-refractivity contribution in [2.45, 2.75) is 31.1 Å². The Morgan fingerprint density at radius 1 is 1.21 bits per heavy atom. The van der Waals surface area contributed by atoms with E-state index in [1.165, 1.54) is 0 Å². The molecular formula is C20H30N2O6S. The third-order valence-corrected chi connectivity index (χ3v) is 7.46. The molecule has 29 heavy (non-hydrogen) atoms. The van der Waals surface area contributed by atoms with Gasteiger partial charge in [-0.2, -0.15) is 0 Å². The number of rotatable bonds is 6. The summed E-state index contributed by atoms with van der Waals surface area (Å²) < 4.78 is 30.3. The zero-order chi connectivity index (χ0) is 21.6. The molecule has 2 fully saturated rings. The van der Waals surface area contributed by atoms with Crippen LogP contribution in [0.25, 0.3) is 0 Å². The lowest BCUT2D eigenvalue weighted by molar-refractivity contribution is -0.134. The predicted octanol–water partition coefficient (Wildman–Crippen LogP) is 1.12. The highest BCUT2D eigenvalue weighted by Crippen LogP contribution is 2.36. The quantitative estimate of drug-likeness (QED) is 0.680. The van der Waals surface area contributed by atoms with Crippen LogP contribution in [0.4, 0.5) is 0 Å². The Hall–Kier alpha value is -2.13. The number of aliphatic carboxylic acids is 1. The van der Waals surface area contributed by atoms with Gasteiger partial charge in [0, 0.05) is 38.4 Å². The lowest BCUT2D eigenvalue weighted by atomic mass is 10.00. The molecule has 1 aromatic rings. The molecule has 0 bridgehead atoms. The fourth-order valence-corrected chi connectivity index (χ4v) is 6.33. The second-order valence-electron chi connectivity index (χ2n) is 7.65. The first kappa shape index (κ1) is 23.2. The van der Waals surface area contributed by atoms with Gasteiger partial charge < -0.3 is 19.6 Å². The number of amides is 1. The van der Waals surface area contributed by atoms with Crippen LogP contribution in [0.1, 0.15) is 19.8 Å². The van der Waals surface area contributed by atoms with E-state index in [-0.39, 0.29) is 23.6 Å². The summed E-state index contributed by atoms with van der Waals surface area (Å²) in [6, 6.07) is 9.52. The number of likely N-dealkylation sites (tertiary alicyclic amines) is 1. The van der Waals surface area contributed by atoms with Gasteiger partial charge in [0.25, 0.3) is 5.97 Å². The van der Waals surface area contributed by atoms with Crippen molar-refractivity contribution >= 4 is 21.7 Å². The Morgan fingerprint density at radius 2 is 1.83 bits per heavy atom. The molecule has 2 aliphatic heterocycles. The molecule has 0 aromatic heterocycles. The highest BCUT2D eigenvalue weighted by Gasteiger charge is 2.53. The van der Waals surface area contributed by atoms with Crippen molar-refractivity contribution in [3.8, 4) is 5.75 Å². The van der Waals surface area contributed by atoms with Crippen molar-refractivity contribution in [2.24, 2.45) is 5.92 Å². The first-order chi connectivity index (χ1) is 13.6. The number of hydrogen-bond donors (Lipinski definition) is 1. The molecule has 3 atom stereocenters. The van der Waals surface area contributed by atoms with Crippen LogP contribution in [-0.4, -0.2) is 86.0 Å². The van der Waals surface area contributed by atoms with E-state index in [4.69, 9.17) is 14.6 Å². The molecule has 0 radical (unpaired) electrons. The van der Waals surface area contributed by atoms with E-state index >= 15 is 0 Å². The number of para-hydroxylation sites is 1. The van der Waals surface area contributed by atoms with Crippen molar-refractivity contribution in [1.29, 1.82) is 0 Å². The minimum atomic E-state index is -3.11. The Morgan fingerprint density at radius 3 is 2.41 bits per heavy atom. The maximum Gasteiger partial charge on any atom is 0.300 e. The van der Waals surface area contributed by atoms with E-state index in [0.29, 0.717) is 32.5 Å². The summed E-state index contributed by atoms with van der Waals surface area (Å²) in [5.41, 5.74) is 0. The first-order valence-electron chi connectivity index (χ1n) is 9.65. The van der Waals surface area contributed by atoms with Gasteiger partial charge in [-0.15, -0.1) is 0 Å². The number of ether oxygens (including phenoxy) is 1. The van der Waals surface area contributed by atoms with E-state index in [1.807, 2.05) is 49.3 Å². The van der Waals surface area contributed by atoms with Crippen LogP contribution in [0.5, 0.6) is 5.75 Å². The van der Waals surface area contributed by atoms with Crippen LogP contribution in [-0.2, 0) is 19.4 Å². The second kappa shape index (κ2) is 10.1. The largest absolute Gasteiger partial charge is 0.494 e. The van der Waals surface area contributed by atoms with Gasteiger partial charge in [0.1, 0.15) is 5.75 Å². The molecule has 3 rings (SSSR count). The molecule has 0 aliphatic carbocycles. The zero-order valence-corrected chi connectivity index (χ0v) is 18.0. The van der Waals surface area contributed by atoms with Gasteiger partial charge in [-0.1, -0.05) is 18.2 Å². The summed E-state index contributed by atoms with van der Waals surface area (Å²) in [4.78, 5) is 25.1. The number of fused-ring (bicyclic) bond motifs is 1. The van der Waals surface area contributed by atoms with Crippen LogP contribution in [0.3, 0.4) is 0 Å². The van der Waals surface area contributed by atoms with E-state index in [1.54, 1.807) is 4.90 Å². The molecule has 2 heterocycles. The maximum atomic E-state index is 12.4. The summed E-state index contributed by atoms with van der Waals surface area (Å²) in [5.74, 6) is 0.233. The second-order valence-corrected chi connectivity index (χ2v) is 9.91. The van der Waals surface area contributed by atoms with Crippen molar-refractivity contribution in [1.82, 2.24) is 9.80 Å². The summed E-state index contributed by atoms with van der Waals surface area (Å²) in [6.45, 7) is 2.45. The number of nitrogens with zero attached hydrogens (tertiary/aromatic N) is 2. The summed E-state index contributed by atoms with van der Waals surface area (Å²) in [5, 5.41) is 7.02. The van der Waals surface area contributed by atoms with E-state index in [2.05, 4.69) is 0 Å². The summed E-state index contributed by atoms with van der Waals surface area (Å²) >= 11 is 0. The number of carboxylic acids is 1. The van der Waals surface area contributed by atoms with Gasteiger partial charge >= 0.3 is 0 Å². The van der Waals surface area contributed by atoms with Gasteiger partial charge in [0.05, 0.1) is 17.6 Å². The van der Waals surface area contributed by atoms with Gasteiger partial charge in [-0.25, -0.2) is 8.42 Å². The summed E-state index contributed by atoms with van der Waals surface area (Å²) in [6.07, 6.45) is 1.02. The SMILES string of the molecule is CC(=O)O.CN(C)[C@@H]1CS(=O)(=O)[C@H]2CN(C(=O)CCCOc3ccccc3)C[C@@H]12. The van der Waals surface area contributed by atoms with Crippen LogP contribution in [0, 0.1) is 5.92 Å². The average molecular weight is 427 g/mol. The van der Waals surface area contributed by atoms with E-state index in [9.17, 15) is 13.2 Å². The average Bonchev–Trinajstić information content (AvgIpc) is 3.18. The molecular weight excluding hydrogens is 396 g/mol. The Balaban J connectivity index is 0.000000687. The lowest BCUT2D eigenvalue weighted by Gasteiger charge is -2.25. The first-order valence-corrected chi connectivity index (χ1v) is 11.4. The Bertz CT molecular complexity index is 792. The van der Waals surface area contributed by atoms with Crippen LogP contribution >= 0.6 is 0 Å². The minimum Gasteiger partial charge on any atom is -0.494 e. The lowest BCUT2D eigenvalue weighted by Crippen LogP contribution is -2.38. The van der Waals surface area contributed by atoms with E-state index < -0.39 is 21.1 Å². The molecule has 2 aliphatic rings. The normalized spacial score (nSPS) is 24.6. The molecule has 1 N–H and O–H groups in total. The third-order valence-electron chi connectivity index (χ3n) is 5.23. The van der Waals surface area contributed by atoms with Gasteiger partial charge in [0.2, 0.25) is 5.91 Å². The van der Waals surface area contributed by atoms with Gasteiger partial charge in [0.15, 0.2) is 9.84 Å². The topological polar surface area (TPSA) is 104 Å². The van der Waals surface area contributed by atoms with Crippen molar-refractivity contribution < 1.29 is 27.9 Å². The van der Waals surface area contributed by atoms with Crippen molar-refractivity contribution in [3.63, 3.8) is 0 Å². The van der Waals surface area contributed by atoms with Gasteiger partial charge in [-0.05, 0) is 32.6 Å². The minimum absolute atomic E-state index is 0.00853. The Labute approximate surface area is 172 Å². The highest BCUT2D eigenvalue weighted by molar-refractivity contribution is 7.92. The van der Waals surface area contributed by atoms with E-state index in [0.717, 1.165) is 12.7 Å². The van der Waals surface area contributed by atoms with Crippen LogP contribution in [0.15, 0.2) is 30.3 Å². The fraction of sp³-hybridized carbons (Fsp3) is 0.600. The number of benzene rings is 1. The Kier molecular flexibility index (Phi) is 8.04. The van der Waals surface area contributed by atoms with Crippen LogP contribution < -0.4 is 4.74 Å². The molecule has 0 unspecified atom stereocenters. The molecule has 8 nitrogen and oxygen atoms in total. The zero-order valence-electron chi connectivity index (χ0n) is 17.2. The van der Waals surface area contributed by atoms with Crippen LogP contribution in [0.2, 0.25) is 0 Å². The number of sulfone groups is 1. The molecule has 9 heteroatoms. The highest BCUT2D eigenvalue weighted by atomic mass is 32.2. The molecule has 0 spiro atoms. The predicted molar refractivity (Wildman–Crippen MR) is 110 cm³/mol. The fourth-order valence-electron chi connectivity index (χ4n) is 3.86. The smallest absolute Gasteiger partial charge is 0.300 e. The molecule has 0 saturated carbocycles. The van der Waals surface area contributed by atoms with Gasteiger partial charge in [-0.3, -0.25) is 9.59 Å². The number of carbonyl (C=O) groups excluding carboxylic acids is 1. The molecule has 2 saturated heterocycles. The number of hydrogen-bond acceptors (Lipinski definition) is 6. The summed E-state index contributed by atoms with van der Waals surface area (Å²) in [7, 11) is 0.715. The maximum absolute atomic E-state index is 12.4. The number of carboxylic acid groups (broad SMARTS) is 1. The standard InChI is InChI=1S/C18H26N2O4S.C2H4O2/c1-19(2)16-13-25(22,23)17-12-20(11-15(16)17)18(21)9-6-10-24-14-7-4-3-5-8-14;1-2(3)4/h3-5,7-8,15-17H,6,9-13H2,1-2H3;1H3,(H,3,4)/t15-,16+,17-;/m0./s1. The van der Waals surface area contributed by atoms with Crippen molar-refractivity contribution in [3.05, 3.63) is 30.3 Å². The molecule has 1 amide bonds.